The molecule has 120 valence electrons. The van der Waals surface area contributed by atoms with Crippen molar-refractivity contribution in [3.8, 4) is 23.6 Å². The fourth-order valence-corrected chi connectivity index (χ4v) is 1.80. The lowest BCUT2D eigenvalue weighted by Crippen LogP contribution is -2.00. The molecule has 0 aliphatic rings. The van der Waals surface area contributed by atoms with Gasteiger partial charge >= 0.3 is 0 Å². The maximum Gasteiger partial charge on any atom is 0.237 e. The van der Waals surface area contributed by atoms with E-state index >= 15 is 0 Å². The van der Waals surface area contributed by atoms with Crippen LogP contribution in [-0.4, -0.2) is 17.8 Å². The minimum Gasteiger partial charge on any atom is -0.493 e. The molecule has 0 atom stereocenters. The number of ether oxygens (including phenoxy) is 2. The molecule has 1 heterocycles. The molecule has 0 saturated heterocycles. The molecule has 0 spiro atoms. The minimum atomic E-state index is -0.263. The van der Waals surface area contributed by atoms with Crippen molar-refractivity contribution in [1.29, 1.82) is 10.5 Å². The third kappa shape index (κ3) is 4.46. The zero-order chi connectivity index (χ0) is 17.4. The van der Waals surface area contributed by atoms with Crippen molar-refractivity contribution in [2.24, 2.45) is 5.10 Å². The smallest absolute Gasteiger partial charge is 0.237 e. The highest BCUT2D eigenvalue weighted by atomic mass is 16.5. The van der Waals surface area contributed by atoms with E-state index in [9.17, 15) is 0 Å². The Balaban J connectivity index is 2.09. The first-order valence-electron chi connectivity index (χ1n) is 7.02. The van der Waals surface area contributed by atoms with E-state index in [-0.39, 0.29) is 5.71 Å². The number of nitriles is 2. The molecule has 0 amide bonds. The van der Waals surface area contributed by atoms with Crippen LogP contribution in [0.3, 0.4) is 0 Å². The summed E-state index contributed by atoms with van der Waals surface area (Å²) in [5.74, 6) is 1.07. The second-order valence-corrected chi connectivity index (χ2v) is 4.76. The molecular formula is C17H15N5O2. The Bertz CT molecular complexity index is 800. The van der Waals surface area contributed by atoms with Gasteiger partial charge in [0, 0.05) is 23.5 Å². The van der Waals surface area contributed by atoms with Crippen LogP contribution >= 0.6 is 0 Å². The summed E-state index contributed by atoms with van der Waals surface area (Å²) >= 11 is 0. The highest BCUT2D eigenvalue weighted by molar-refractivity contribution is 6.10. The number of aromatic nitrogens is 1. The van der Waals surface area contributed by atoms with Crippen molar-refractivity contribution in [2.75, 3.05) is 12.5 Å². The number of hydrazone groups is 1. The van der Waals surface area contributed by atoms with Crippen molar-refractivity contribution in [1.82, 2.24) is 4.98 Å². The predicted molar refractivity (Wildman–Crippen MR) is 88.6 cm³/mol. The van der Waals surface area contributed by atoms with Crippen molar-refractivity contribution < 1.29 is 9.47 Å². The lowest BCUT2D eigenvalue weighted by atomic mass is 10.2. The number of pyridine rings is 1. The van der Waals surface area contributed by atoms with Gasteiger partial charge in [-0.1, -0.05) is 6.07 Å². The Kier molecular flexibility index (Phi) is 5.71. The fraction of sp³-hybridized carbons (Fsp3) is 0.176. The number of anilines is 1. The molecule has 7 nitrogen and oxygen atoms in total. The van der Waals surface area contributed by atoms with Gasteiger partial charge in [-0.3, -0.25) is 10.4 Å². The van der Waals surface area contributed by atoms with Gasteiger partial charge in [-0.15, -0.1) is 0 Å². The maximum atomic E-state index is 8.65. The second-order valence-electron chi connectivity index (χ2n) is 4.76. The lowest BCUT2D eigenvalue weighted by Gasteiger charge is -2.12. The summed E-state index contributed by atoms with van der Waals surface area (Å²) in [6, 6.07) is 12.3. The number of hydrogen-bond donors (Lipinski definition) is 1. The van der Waals surface area contributed by atoms with Crippen molar-refractivity contribution in [3.05, 3.63) is 47.8 Å². The van der Waals surface area contributed by atoms with Crippen LogP contribution < -0.4 is 14.9 Å². The maximum absolute atomic E-state index is 8.65. The number of hydrogen-bond acceptors (Lipinski definition) is 7. The molecule has 0 aliphatic carbocycles. The molecule has 0 bridgehead atoms. The van der Waals surface area contributed by atoms with Gasteiger partial charge in [-0.25, -0.2) is 0 Å². The molecular weight excluding hydrogens is 306 g/mol. The number of aryl methyl sites for hydroxylation is 1. The van der Waals surface area contributed by atoms with Crippen LogP contribution in [0.15, 0.2) is 41.6 Å². The monoisotopic (exact) mass is 321 g/mol. The number of nitrogens with one attached hydrogen (secondary N) is 1. The number of methoxy groups -OCH3 is 1. The molecule has 1 aromatic heterocycles. The summed E-state index contributed by atoms with van der Waals surface area (Å²) < 4.78 is 11.0. The van der Waals surface area contributed by atoms with E-state index in [0.29, 0.717) is 23.8 Å². The number of benzene rings is 1. The molecule has 2 rings (SSSR count). The van der Waals surface area contributed by atoms with Crippen molar-refractivity contribution in [3.63, 3.8) is 0 Å². The standard InChI is InChI=1S/C17H15N5O2/c1-12-3-4-13(10-20-12)11-24-16-6-5-14(7-17(16)23-2)21-22-15(8-18)9-19/h3-7,10,21H,11H2,1-2H3. The van der Waals surface area contributed by atoms with Gasteiger partial charge in [0.25, 0.3) is 0 Å². The van der Waals surface area contributed by atoms with Gasteiger partial charge < -0.3 is 9.47 Å². The topological polar surface area (TPSA) is 103 Å². The molecule has 0 saturated carbocycles. The molecule has 0 radical (unpaired) electrons. The van der Waals surface area contributed by atoms with E-state index in [1.165, 1.54) is 7.11 Å². The summed E-state index contributed by atoms with van der Waals surface area (Å²) in [5, 5.41) is 21.0. The van der Waals surface area contributed by atoms with Crippen LogP contribution in [0.4, 0.5) is 5.69 Å². The molecule has 0 aliphatic heterocycles. The average Bonchev–Trinajstić information content (AvgIpc) is 2.62. The summed E-state index contributed by atoms with van der Waals surface area (Å²) in [5.41, 5.74) is 4.82. The Labute approximate surface area is 139 Å². The van der Waals surface area contributed by atoms with E-state index < -0.39 is 0 Å². The first kappa shape index (κ1) is 16.8. The zero-order valence-electron chi connectivity index (χ0n) is 13.3. The van der Waals surface area contributed by atoms with Crippen LogP contribution in [-0.2, 0) is 6.61 Å². The third-order valence-electron chi connectivity index (χ3n) is 3.04. The van der Waals surface area contributed by atoms with E-state index in [1.54, 1.807) is 36.5 Å². The quantitative estimate of drug-likeness (QED) is 0.648. The van der Waals surface area contributed by atoms with Gasteiger partial charge in [0.2, 0.25) is 5.71 Å². The summed E-state index contributed by atoms with van der Waals surface area (Å²) in [7, 11) is 1.53. The van der Waals surface area contributed by atoms with Gasteiger partial charge in [0.05, 0.1) is 12.8 Å². The first-order valence-corrected chi connectivity index (χ1v) is 7.02. The SMILES string of the molecule is COc1cc(NN=C(C#N)C#N)ccc1OCc1ccc(C)nc1. The van der Waals surface area contributed by atoms with E-state index in [1.807, 2.05) is 19.1 Å². The molecule has 2 aromatic rings. The van der Waals surface area contributed by atoms with Crippen LogP contribution in [0.2, 0.25) is 0 Å². The minimum absolute atomic E-state index is 0.263. The Morgan fingerprint density at radius 2 is 2.00 bits per heavy atom. The summed E-state index contributed by atoms with van der Waals surface area (Å²) in [6.45, 7) is 2.29. The van der Waals surface area contributed by atoms with Gasteiger partial charge in [-0.05, 0) is 25.1 Å². The summed E-state index contributed by atoms with van der Waals surface area (Å²) in [4.78, 5) is 4.22. The normalized spacial score (nSPS) is 9.33. The lowest BCUT2D eigenvalue weighted by molar-refractivity contribution is 0.284. The molecule has 1 N–H and O–H groups in total. The van der Waals surface area contributed by atoms with E-state index in [0.717, 1.165) is 11.3 Å². The Hall–Kier alpha value is -3.58. The number of rotatable bonds is 6. The van der Waals surface area contributed by atoms with Gasteiger partial charge in [0.1, 0.15) is 18.7 Å². The van der Waals surface area contributed by atoms with E-state index in [4.69, 9.17) is 20.0 Å². The molecule has 0 unspecified atom stereocenters. The highest BCUT2D eigenvalue weighted by Gasteiger charge is 2.07. The van der Waals surface area contributed by atoms with Crippen LogP contribution in [0.5, 0.6) is 11.5 Å². The fourth-order valence-electron chi connectivity index (χ4n) is 1.80. The molecule has 0 fully saturated rings. The molecule has 1 aromatic carbocycles. The molecule has 24 heavy (non-hydrogen) atoms. The second kappa shape index (κ2) is 8.16. The highest BCUT2D eigenvalue weighted by Crippen LogP contribution is 2.30. The average molecular weight is 321 g/mol. The van der Waals surface area contributed by atoms with Crippen LogP contribution in [0.25, 0.3) is 0 Å². The predicted octanol–water partition coefficient (Wildman–Crippen LogP) is 2.79. The number of nitrogens with zero attached hydrogens (tertiary/aromatic N) is 4. The van der Waals surface area contributed by atoms with Crippen LogP contribution in [0.1, 0.15) is 11.3 Å². The third-order valence-corrected chi connectivity index (χ3v) is 3.04. The Morgan fingerprint density at radius 3 is 2.62 bits per heavy atom. The largest absolute Gasteiger partial charge is 0.493 e. The molecule has 7 heteroatoms. The van der Waals surface area contributed by atoms with Gasteiger partial charge in [0.15, 0.2) is 11.5 Å². The van der Waals surface area contributed by atoms with E-state index in [2.05, 4.69) is 15.5 Å². The summed E-state index contributed by atoms with van der Waals surface area (Å²) in [6.07, 6.45) is 1.76. The zero-order valence-corrected chi connectivity index (χ0v) is 13.3. The van der Waals surface area contributed by atoms with Crippen molar-refractivity contribution >= 4 is 11.4 Å². The van der Waals surface area contributed by atoms with Crippen molar-refractivity contribution in [2.45, 2.75) is 13.5 Å². The Morgan fingerprint density at radius 1 is 1.21 bits per heavy atom. The van der Waals surface area contributed by atoms with Gasteiger partial charge in [-0.2, -0.15) is 15.6 Å². The van der Waals surface area contributed by atoms with Crippen LogP contribution in [0, 0.1) is 29.6 Å². The first-order chi connectivity index (χ1) is 11.7.